The molecule has 0 aliphatic heterocycles. The van der Waals surface area contributed by atoms with Crippen molar-refractivity contribution in [3.8, 4) is 11.8 Å². The zero-order valence-electron chi connectivity index (χ0n) is 8.43. The molecule has 82 valence electrons. The van der Waals surface area contributed by atoms with Crippen LogP contribution in [0.3, 0.4) is 0 Å². The molecule has 1 heterocycles. The first-order valence-corrected chi connectivity index (χ1v) is 4.76. The predicted molar refractivity (Wildman–Crippen MR) is 51.6 cm³/mol. The first kappa shape index (κ1) is 9.89. The Morgan fingerprint density at radius 3 is 2.40 bits per heavy atom. The number of rotatable bonds is 3. The Bertz CT molecular complexity index is 373. The van der Waals surface area contributed by atoms with Crippen molar-refractivity contribution in [3.63, 3.8) is 0 Å². The lowest BCUT2D eigenvalue weighted by Gasteiger charge is -2.18. The molecular formula is C10H13NO4. The summed E-state index contributed by atoms with van der Waals surface area (Å²) in [7, 11) is 1.33. The van der Waals surface area contributed by atoms with Crippen molar-refractivity contribution in [2.75, 3.05) is 7.11 Å². The van der Waals surface area contributed by atoms with Crippen LogP contribution in [0.1, 0.15) is 19.3 Å². The van der Waals surface area contributed by atoms with Gasteiger partial charge in [-0.15, -0.1) is 0 Å². The van der Waals surface area contributed by atoms with Crippen LogP contribution in [0, 0.1) is 0 Å². The number of hydrogen-bond acceptors (Lipinski definition) is 4. The van der Waals surface area contributed by atoms with Gasteiger partial charge in [-0.2, -0.15) is 0 Å². The highest BCUT2D eigenvalue weighted by atomic mass is 16.5. The van der Waals surface area contributed by atoms with Crippen molar-refractivity contribution >= 4 is 5.97 Å². The molecule has 0 spiro atoms. The lowest BCUT2D eigenvalue weighted by molar-refractivity contribution is -0.141. The van der Waals surface area contributed by atoms with Crippen LogP contribution in [-0.4, -0.2) is 27.9 Å². The predicted octanol–water partition coefficient (Wildman–Crippen LogP) is 0.951. The maximum Gasteiger partial charge on any atom is 0.307 e. The summed E-state index contributed by atoms with van der Waals surface area (Å²) < 4.78 is 5.98. The first-order chi connectivity index (χ1) is 7.09. The smallest absolute Gasteiger partial charge is 0.307 e. The number of ether oxygens (including phenoxy) is 1. The largest absolute Gasteiger partial charge is 0.494 e. The lowest BCUT2D eigenvalue weighted by Crippen LogP contribution is -2.21. The summed E-state index contributed by atoms with van der Waals surface area (Å²) in [5.41, 5.74) is -0.481. The van der Waals surface area contributed by atoms with Crippen LogP contribution < -0.4 is 0 Å². The van der Waals surface area contributed by atoms with Crippen LogP contribution in [0.4, 0.5) is 0 Å². The normalized spacial score (nSPS) is 17.4. The van der Waals surface area contributed by atoms with E-state index in [1.54, 1.807) is 0 Å². The Hall–Kier alpha value is -1.65. The quantitative estimate of drug-likeness (QED) is 0.730. The molecule has 2 N–H and O–H groups in total. The molecule has 0 unspecified atom stereocenters. The highest BCUT2D eigenvalue weighted by Crippen LogP contribution is 2.51. The van der Waals surface area contributed by atoms with E-state index in [1.807, 2.05) is 0 Å². The van der Waals surface area contributed by atoms with E-state index in [1.165, 1.54) is 23.8 Å². The summed E-state index contributed by atoms with van der Waals surface area (Å²) >= 11 is 0. The molecule has 15 heavy (non-hydrogen) atoms. The second-order valence-electron chi connectivity index (χ2n) is 3.86. The van der Waals surface area contributed by atoms with Crippen LogP contribution in [0.25, 0.3) is 0 Å². The average molecular weight is 211 g/mol. The molecule has 5 heteroatoms. The molecule has 0 saturated heterocycles. The van der Waals surface area contributed by atoms with Crippen LogP contribution in [0.2, 0.25) is 0 Å². The second-order valence-corrected chi connectivity index (χ2v) is 3.86. The number of carbonyl (C=O) groups is 1. The molecule has 5 nitrogen and oxygen atoms in total. The van der Waals surface area contributed by atoms with Crippen LogP contribution in [-0.2, 0) is 15.1 Å². The van der Waals surface area contributed by atoms with Gasteiger partial charge in [-0.1, -0.05) is 0 Å². The SMILES string of the molecule is COC(=O)CC1(n2c(O)ccc2O)CC1. The van der Waals surface area contributed by atoms with Crippen LogP contribution >= 0.6 is 0 Å². The molecule has 1 aromatic heterocycles. The third-order valence-corrected chi connectivity index (χ3v) is 2.84. The van der Waals surface area contributed by atoms with Crippen LogP contribution in [0.15, 0.2) is 12.1 Å². The van der Waals surface area contributed by atoms with E-state index in [9.17, 15) is 15.0 Å². The van der Waals surface area contributed by atoms with Gasteiger partial charge >= 0.3 is 5.97 Å². The molecule has 1 saturated carbocycles. The number of hydrogen-bond donors (Lipinski definition) is 2. The maximum atomic E-state index is 11.2. The third-order valence-electron chi connectivity index (χ3n) is 2.84. The molecule has 0 radical (unpaired) electrons. The molecule has 0 bridgehead atoms. The van der Waals surface area contributed by atoms with Gasteiger partial charge in [0.1, 0.15) is 0 Å². The minimum atomic E-state index is -0.481. The molecule has 0 aromatic carbocycles. The van der Waals surface area contributed by atoms with E-state index in [4.69, 9.17) is 0 Å². The Labute approximate surface area is 86.9 Å². The van der Waals surface area contributed by atoms with E-state index in [2.05, 4.69) is 4.74 Å². The Morgan fingerprint density at radius 1 is 1.47 bits per heavy atom. The van der Waals surface area contributed by atoms with Gasteiger partial charge in [-0.25, -0.2) is 0 Å². The molecule has 1 fully saturated rings. The topological polar surface area (TPSA) is 71.7 Å². The maximum absolute atomic E-state index is 11.2. The molecule has 0 amide bonds. The van der Waals surface area contributed by atoms with Gasteiger partial charge in [0.2, 0.25) is 0 Å². The van der Waals surface area contributed by atoms with Crippen LogP contribution in [0.5, 0.6) is 11.8 Å². The molecular weight excluding hydrogens is 198 g/mol. The third kappa shape index (κ3) is 1.54. The number of esters is 1. The molecule has 0 atom stereocenters. The molecule has 1 aromatic rings. The van der Waals surface area contributed by atoms with Gasteiger partial charge in [-0.3, -0.25) is 9.36 Å². The van der Waals surface area contributed by atoms with E-state index < -0.39 is 5.54 Å². The minimum Gasteiger partial charge on any atom is -0.494 e. The zero-order chi connectivity index (χ0) is 11.1. The summed E-state index contributed by atoms with van der Waals surface area (Å²) in [5.74, 6) is -0.372. The number of carbonyl (C=O) groups excluding carboxylic acids is 1. The van der Waals surface area contributed by atoms with Crippen molar-refractivity contribution in [1.29, 1.82) is 0 Å². The van der Waals surface area contributed by atoms with Gasteiger partial charge in [0.25, 0.3) is 0 Å². The summed E-state index contributed by atoms with van der Waals surface area (Å²) in [4.78, 5) is 11.2. The second kappa shape index (κ2) is 3.18. The van der Waals surface area contributed by atoms with Crippen molar-refractivity contribution in [3.05, 3.63) is 12.1 Å². The molecule has 1 aliphatic rings. The fourth-order valence-electron chi connectivity index (χ4n) is 1.87. The Morgan fingerprint density at radius 2 is 2.00 bits per heavy atom. The van der Waals surface area contributed by atoms with Crippen molar-refractivity contribution < 1.29 is 19.7 Å². The number of aromatic hydroxyl groups is 2. The fraction of sp³-hybridized carbons (Fsp3) is 0.500. The summed E-state index contributed by atoms with van der Waals surface area (Å²) in [6.45, 7) is 0. The highest BCUT2D eigenvalue weighted by molar-refractivity contribution is 5.71. The summed E-state index contributed by atoms with van der Waals surface area (Å²) in [6.07, 6.45) is 1.70. The van der Waals surface area contributed by atoms with Gasteiger partial charge in [0.15, 0.2) is 11.8 Å². The number of aromatic nitrogens is 1. The molecule has 2 rings (SSSR count). The van der Waals surface area contributed by atoms with E-state index in [0.717, 1.165) is 12.8 Å². The van der Waals surface area contributed by atoms with E-state index in [0.29, 0.717) is 0 Å². The van der Waals surface area contributed by atoms with Gasteiger partial charge in [0, 0.05) is 12.1 Å². The standard InChI is InChI=1S/C10H13NO4/c1-15-9(14)6-10(4-5-10)11-7(12)2-3-8(11)13/h2-3,12-13H,4-6H2,1H3. The lowest BCUT2D eigenvalue weighted by atomic mass is 10.2. The van der Waals surface area contributed by atoms with Gasteiger partial charge < -0.3 is 14.9 Å². The molecule has 1 aliphatic carbocycles. The summed E-state index contributed by atoms with van der Waals surface area (Å²) in [5, 5.41) is 19.1. The highest BCUT2D eigenvalue weighted by Gasteiger charge is 2.48. The Kier molecular flexibility index (Phi) is 2.10. The minimum absolute atomic E-state index is 0.0195. The monoisotopic (exact) mass is 211 g/mol. The average Bonchev–Trinajstić information content (AvgIpc) is 2.87. The fourth-order valence-corrected chi connectivity index (χ4v) is 1.87. The number of nitrogens with zero attached hydrogens (tertiary/aromatic N) is 1. The first-order valence-electron chi connectivity index (χ1n) is 4.76. The zero-order valence-corrected chi connectivity index (χ0v) is 8.43. The number of methoxy groups -OCH3 is 1. The summed E-state index contributed by atoms with van der Waals surface area (Å²) in [6, 6.07) is 2.82. The Balaban J connectivity index is 2.27. The van der Waals surface area contributed by atoms with Gasteiger partial charge in [-0.05, 0) is 12.8 Å². The van der Waals surface area contributed by atoms with Crippen molar-refractivity contribution in [2.45, 2.75) is 24.8 Å². The van der Waals surface area contributed by atoms with Crippen molar-refractivity contribution in [1.82, 2.24) is 4.57 Å². The van der Waals surface area contributed by atoms with Gasteiger partial charge in [0.05, 0.1) is 19.1 Å². The van der Waals surface area contributed by atoms with E-state index >= 15 is 0 Å². The van der Waals surface area contributed by atoms with Crippen molar-refractivity contribution in [2.24, 2.45) is 0 Å². The van der Waals surface area contributed by atoms with E-state index in [-0.39, 0.29) is 24.2 Å².